The van der Waals surface area contributed by atoms with Crippen LogP contribution in [0.15, 0.2) is 36.4 Å². The Morgan fingerprint density at radius 3 is 2.74 bits per heavy atom. The van der Waals surface area contributed by atoms with Crippen LogP contribution in [0.25, 0.3) is 10.9 Å². The van der Waals surface area contributed by atoms with E-state index in [2.05, 4.69) is 47.6 Å². The zero-order valence-electron chi connectivity index (χ0n) is 16.4. The zero-order valence-corrected chi connectivity index (χ0v) is 16.4. The number of nitrogens with one attached hydrogen (secondary N) is 2. The molecule has 2 aromatic carbocycles. The van der Waals surface area contributed by atoms with Gasteiger partial charge in [0.1, 0.15) is 0 Å². The van der Waals surface area contributed by atoms with Crippen molar-refractivity contribution in [1.29, 1.82) is 0 Å². The Balaban J connectivity index is 1.47. The van der Waals surface area contributed by atoms with E-state index in [4.69, 9.17) is 9.47 Å². The Morgan fingerprint density at radius 2 is 1.93 bits per heavy atom. The highest BCUT2D eigenvalue weighted by molar-refractivity contribution is 5.85. The first-order valence-corrected chi connectivity index (χ1v) is 9.75. The summed E-state index contributed by atoms with van der Waals surface area (Å²) < 4.78 is 10.7. The van der Waals surface area contributed by atoms with Gasteiger partial charge in [0.05, 0.1) is 14.2 Å². The van der Waals surface area contributed by atoms with Crippen molar-refractivity contribution in [2.45, 2.75) is 38.6 Å². The number of ether oxygens (including phenoxy) is 2. The van der Waals surface area contributed by atoms with Crippen LogP contribution in [-0.4, -0.2) is 25.7 Å². The molecule has 142 valence electrons. The van der Waals surface area contributed by atoms with E-state index >= 15 is 0 Å². The molecule has 1 aliphatic carbocycles. The Labute approximate surface area is 160 Å². The molecular formula is C23H28N2O2. The number of aryl methyl sites for hydroxylation is 2. The third-order valence-corrected chi connectivity index (χ3v) is 5.62. The second-order valence-corrected chi connectivity index (χ2v) is 7.40. The smallest absolute Gasteiger partial charge is 0.160 e. The Hall–Kier alpha value is -2.46. The van der Waals surface area contributed by atoms with Crippen LogP contribution in [0.1, 0.15) is 41.3 Å². The van der Waals surface area contributed by atoms with Crippen LogP contribution in [-0.2, 0) is 12.8 Å². The van der Waals surface area contributed by atoms with Gasteiger partial charge in [0.15, 0.2) is 11.5 Å². The predicted octanol–water partition coefficient (Wildman–Crippen LogP) is 4.70. The van der Waals surface area contributed by atoms with E-state index in [1.54, 1.807) is 14.2 Å². The quantitative estimate of drug-likeness (QED) is 0.666. The molecule has 4 rings (SSSR count). The number of aromatic amines is 1. The molecule has 0 aliphatic heterocycles. The molecule has 0 bridgehead atoms. The number of methoxy groups -OCH3 is 2. The minimum Gasteiger partial charge on any atom is -0.493 e. The van der Waals surface area contributed by atoms with E-state index in [9.17, 15) is 0 Å². The molecule has 2 N–H and O–H groups in total. The summed E-state index contributed by atoms with van der Waals surface area (Å²) in [5.74, 6) is 1.57. The van der Waals surface area contributed by atoms with Gasteiger partial charge in [-0.1, -0.05) is 17.7 Å². The summed E-state index contributed by atoms with van der Waals surface area (Å²) in [4.78, 5) is 3.68. The van der Waals surface area contributed by atoms with Crippen LogP contribution in [0, 0.1) is 6.92 Å². The van der Waals surface area contributed by atoms with Crippen molar-refractivity contribution < 1.29 is 9.47 Å². The van der Waals surface area contributed by atoms with Gasteiger partial charge in [0, 0.05) is 22.6 Å². The van der Waals surface area contributed by atoms with E-state index in [0.29, 0.717) is 6.04 Å². The lowest BCUT2D eigenvalue weighted by Gasteiger charge is -2.24. The molecule has 0 radical (unpaired) electrons. The van der Waals surface area contributed by atoms with Gasteiger partial charge in [-0.2, -0.15) is 0 Å². The maximum absolute atomic E-state index is 5.41. The van der Waals surface area contributed by atoms with Crippen molar-refractivity contribution in [1.82, 2.24) is 10.3 Å². The molecule has 0 saturated carbocycles. The van der Waals surface area contributed by atoms with Gasteiger partial charge in [0.25, 0.3) is 0 Å². The number of aromatic nitrogens is 1. The average Bonchev–Trinajstić information content (AvgIpc) is 3.06. The molecule has 1 aromatic heterocycles. The van der Waals surface area contributed by atoms with E-state index < -0.39 is 0 Å². The van der Waals surface area contributed by atoms with E-state index in [-0.39, 0.29) is 0 Å². The molecule has 0 saturated heterocycles. The molecule has 0 spiro atoms. The van der Waals surface area contributed by atoms with Gasteiger partial charge >= 0.3 is 0 Å². The lowest BCUT2D eigenvalue weighted by Crippen LogP contribution is -2.27. The van der Waals surface area contributed by atoms with Gasteiger partial charge in [-0.3, -0.25) is 0 Å². The van der Waals surface area contributed by atoms with Crippen LogP contribution >= 0.6 is 0 Å². The van der Waals surface area contributed by atoms with Crippen LogP contribution in [0.2, 0.25) is 0 Å². The predicted molar refractivity (Wildman–Crippen MR) is 110 cm³/mol. The van der Waals surface area contributed by atoms with Crippen molar-refractivity contribution in [3.8, 4) is 11.5 Å². The minimum absolute atomic E-state index is 0.404. The molecule has 27 heavy (non-hydrogen) atoms. The fourth-order valence-electron chi connectivity index (χ4n) is 4.21. The maximum atomic E-state index is 5.41. The average molecular weight is 364 g/mol. The van der Waals surface area contributed by atoms with E-state index in [1.807, 2.05) is 6.07 Å². The van der Waals surface area contributed by atoms with Gasteiger partial charge in [-0.25, -0.2) is 0 Å². The number of fused-ring (bicyclic) bond motifs is 3. The highest BCUT2D eigenvalue weighted by Crippen LogP contribution is 2.35. The monoisotopic (exact) mass is 364 g/mol. The molecule has 3 aromatic rings. The zero-order chi connectivity index (χ0) is 18.8. The fraction of sp³-hybridized carbons (Fsp3) is 0.391. The van der Waals surface area contributed by atoms with Crippen molar-refractivity contribution >= 4 is 10.9 Å². The molecule has 0 fully saturated rings. The van der Waals surface area contributed by atoms with Gasteiger partial charge < -0.3 is 19.8 Å². The van der Waals surface area contributed by atoms with Crippen molar-refractivity contribution in [3.63, 3.8) is 0 Å². The number of H-pyrrole nitrogens is 1. The summed E-state index contributed by atoms with van der Waals surface area (Å²) in [6, 6.07) is 13.3. The second kappa shape index (κ2) is 7.65. The third kappa shape index (κ3) is 3.54. The Bertz CT molecular complexity index is 945. The number of hydrogen-bond donors (Lipinski definition) is 2. The number of rotatable bonds is 6. The molecule has 4 nitrogen and oxygen atoms in total. The molecule has 0 amide bonds. The Kier molecular flexibility index (Phi) is 5.08. The number of hydrogen-bond acceptors (Lipinski definition) is 3. The number of benzene rings is 2. The molecule has 4 heteroatoms. The third-order valence-electron chi connectivity index (χ3n) is 5.62. The normalized spacial score (nSPS) is 16.3. The second-order valence-electron chi connectivity index (χ2n) is 7.40. The van der Waals surface area contributed by atoms with Gasteiger partial charge in [-0.15, -0.1) is 0 Å². The van der Waals surface area contributed by atoms with Gasteiger partial charge in [0.2, 0.25) is 0 Å². The highest BCUT2D eigenvalue weighted by atomic mass is 16.5. The lowest BCUT2D eigenvalue weighted by molar-refractivity contribution is 0.354. The van der Waals surface area contributed by atoms with Crippen molar-refractivity contribution in [3.05, 3.63) is 58.8 Å². The van der Waals surface area contributed by atoms with Crippen LogP contribution in [0.3, 0.4) is 0 Å². The lowest BCUT2D eigenvalue weighted by atomic mass is 9.91. The van der Waals surface area contributed by atoms with E-state index in [0.717, 1.165) is 24.5 Å². The summed E-state index contributed by atoms with van der Waals surface area (Å²) in [6.07, 6.45) is 4.56. The first-order chi connectivity index (χ1) is 13.2. The molecule has 1 heterocycles. The summed E-state index contributed by atoms with van der Waals surface area (Å²) in [5.41, 5.74) is 6.73. The Morgan fingerprint density at radius 1 is 1.07 bits per heavy atom. The van der Waals surface area contributed by atoms with Gasteiger partial charge in [-0.05, 0) is 74.5 Å². The molecule has 1 atom stereocenters. The van der Waals surface area contributed by atoms with Crippen LogP contribution < -0.4 is 14.8 Å². The van der Waals surface area contributed by atoms with Crippen LogP contribution in [0.4, 0.5) is 0 Å². The first-order valence-electron chi connectivity index (χ1n) is 9.75. The standard InChI is InChI=1S/C23H28N2O2/c1-15-7-9-19-18(13-15)17-5-4-6-20(23(17)25-19)24-12-11-16-8-10-21(26-2)22(14-16)27-3/h7-10,13-14,20,24-25H,4-6,11-12H2,1-3H3. The summed E-state index contributed by atoms with van der Waals surface area (Å²) in [5, 5.41) is 5.16. The maximum Gasteiger partial charge on any atom is 0.160 e. The fourth-order valence-corrected chi connectivity index (χ4v) is 4.21. The van der Waals surface area contributed by atoms with Crippen molar-refractivity contribution in [2.24, 2.45) is 0 Å². The minimum atomic E-state index is 0.404. The highest BCUT2D eigenvalue weighted by Gasteiger charge is 2.23. The molecular weight excluding hydrogens is 336 g/mol. The van der Waals surface area contributed by atoms with Crippen molar-refractivity contribution in [2.75, 3.05) is 20.8 Å². The summed E-state index contributed by atoms with van der Waals surface area (Å²) in [6.45, 7) is 3.11. The summed E-state index contributed by atoms with van der Waals surface area (Å²) in [7, 11) is 3.35. The molecule has 1 unspecified atom stereocenters. The topological polar surface area (TPSA) is 46.3 Å². The summed E-state index contributed by atoms with van der Waals surface area (Å²) >= 11 is 0. The van der Waals surface area contributed by atoms with Crippen LogP contribution in [0.5, 0.6) is 11.5 Å². The first kappa shape index (κ1) is 17.9. The SMILES string of the molecule is COc1ccc(CCNC2CCCc3c2[nH]c2ccc(C)cc32)cc1OC. The largest absolute Gasteiger partial charge is 0.493 e. The van der Waals surface area contributed by atoms with E-state index in [1.165, 1.54) is 52.5 Å². The molecule has 1 aliphatic rings.